The first kappa shape index (κ1) is 15.6. The Kier molecular flexibility index (Phi) is 4.13. The van der Waals surface area contributed by atoms with Crippen molar-refractivity contribution in [1.82, 2.24) is 5.32 Å². The second kappa shape index (κ2) is 5.55. The summed E-state index contributed by atoms with van der Waals surface area (Å²) in [6.45, 7) is 2.20. The minimum atomic E-state index is -4.74. The number of amides is 1. The quantitative estimate of drug-likeness (QED) is 0.878. The molecule has 0 heterocycles. The van der Waals surface area contributed by atoms with E-state index in [9.17, 15) is 18.0 Å². The van der Waals surface area contributed by atoms with E-state index in [-0.39, 0.29) is 17.2 Å². The van der Waals surface area contributed by atoms with Gasteiger partial charge < -0.3 is 15.8 Å². The van der Waals surface area contributed by atoms with Crippen LogP contribution in [0.5, 0.6) is 5.75 Å². The van der Waals surface area contributed by atoms with Crippen molar-refractivity contribution in [2.75, 3.05) is 6.54 Å². The summed E-state index contributed by atoms with van der Waals surface area (Å²) in [4.78, 5) is 12.1. The number of ether oxygens (including phenoxy) is 1. The second-order valence-corrected chi connectivity index (χ2v) is 5.42. The third-order valence-electron chi connectivity index (χ3n) is 3.65. The Balaban J connectivity index is 2.03. The van der Waals surface area contributed by atoms with Gasteiger partial charge in [-0.2, -0.15) is 0 Å². The molecule has 2 rings (SSSR count). The molecule has 0 bridgehead atoms. The maximum atomic E-state index is 12.1. The highest BCUT2D eigenvalue weighted by Gasteiger charge is 2.41. The molecule has 1 saturated carbocycles. The molecule has 1 aromatic rings. The summed E-state index contributed by atoms with van der Waals surface area (Å²) < 4.78 is 39.9. The average Bonchev–Trinajstić information content (AvgIpc) is 3.22. The minimum absolute atomic E-state index is 0.268. The first-order valence-electron chi connectivity index (χ1n) is 6.62. The maximum absolute atomic E-state index is 12.1. The van der Waals surface area contributed by atoms with Gasteiger partial charge in [0.2, 0.25) is 0 Å². The molecule has 0 spiro atoms. The molecule has 0 radical (unpaired) electrons. The highest BCUT2D eigenvalue weighted by molar-refractivity contribution is 5.94. The molecule has 1 fully saturated rings. The Hall–Kier alpha value is -1.76. The third-order valence-corrected chi connectivity index (χ3v) is 3.65. The number of benzene rings is 1. The Morgan fingerprint density at radius 3 is 2.33 bits per heavy atom. The molecule has 4 nitrogen and oxygen atoms in total. The van der Waals surface area contributed by atoms with E-state index in [0.29, 0.717) is 12.5 Å². The molecule has 7 heteroatoms. The fourth-order valence-corrected chi connectivity index (χ4v) is 2.18. The zero-order chi connectivity index (χ0) is 15.7. The fraction of sp³-hybridized carbons (Fsp3) is 0.500. The van der Waals surface area contributed by atoms with Crippen molar-refractivity contribution in [3.05, 3.63) is 29.8 Å². The number of carbonyl (C=O) groups is 1. The van der Waals surface area contributed by atoms with Gasteiger partial charge in [-0.05, 0) is 49.9 Å². The van der Waals surface area contributed by atoms with Gasteiger partial charge in [-0.3, -0.25) is 4.79 Å². The molecular formula is C14H17F3N2O2. The molecule has 1 aliphatic carbocycles. The van der Waals surface area contributed by atoms with Crippen LogP contribution in [0.25, 0.3) is 0 Å². The van der Waals surface area contributed by atoms with Crippen LogP contribution in [-0.4, -0.2) is 24.4 Å². The van der Waals surface area contributed by atoms with E-state index in [2.05, 4.69) is 10.1 Å². The van der Waals surface area contributed by atoms with Crippen LogP contribution >= 0.6 is 0 Å². The number of carbonyl (C=O) groups excluding carboxylic acids is 1. The van der Waals surface area contributed by atoms with Gasteiger partial charge >= 0.3 is 6.36 Å². The number of hydrogen-bond acceptors (Lipinski definition) is 3. The van der Waals surface area contributed by atoms with E-state index in [1.165, 1.54) is 12.1 Å². The first-order valence-corrected chi connectivity index (χ1v) is 6.62. The summed E-state index contributed by atoms with van der Waals surface area (Å²) in [6, 6.07) is 4.80. The lowest BCUT2D eigenvalue weighted by atomic mass is 9.95. The van der Waals surface area contributed by atoms with E-state index in [0.717, 1.165) is 25.0 Å². The molecule has 1 aromatic carbocycles. The lowest BCUT2D eigenvalue weighted by Crippen LogP contribution is -2.53. The SMILES string of the molecule is CC(CN)(NC(=O)c1ccc(OC(F)(F)F)cc1)C1CC1. The van der Waals surface area contributed by atoms with Gasteiger partial charge in [0.25, 0.3) is 5.91 Å². The second-order valence-electron chi connectivity index (χ2n) is 5.42. The van der Waals surface area contributed by atoms with Gasteiger partial charge in [0.1, 0.15) is 5.75 Å². The van der Waals surface area contributed by atoms with Crippen LogP contribution in [0.15, 0.2) is 24.3 Å². The summed E-state index contributed by atoms with van der Waals surface area (Å²) in [5.41, 5.74) is 5.50. The summed E-state index contributed by atoms with van der Waals surface area (Å²) in [7, 11) is 0. The minimum Gasteiger partial charge on any atom is -0.406 e. The van der Waals surface area contributed by atoms with E-state index < -0.39 is 11.9 Å². The van der Waals surface area contributed by atoms with Crippen LogP contribution in [0.2, 0.25) is 0 Å². The molecular weight excluding hydrogens is 285 g/mol. The molecule has 0 saturated heterocycles. The van der Waals surface area contributed by atoms with Crippen LogP contribution in [-0.2, 0) is 0 Å². The van der Waals surface area contributed by atoms with Crippen molar-refractivity contribution in [2.24, 2.45) is 11.7 Å². The monoisotopic (exact) mass is 302 g/mol. The van der Waals surface area contributed by atoms with Crippen molar-refractivity contribution in [3.63, 3.8) is 0 Å². The van der Waals surface area contributed by atoms with Crippen molar-refractivity contribution in [3.8, 4) is 5.75 Å². The average molecular weight is 302 g/mol. The van der Waals surface area contributed by atoms with Crippen molar-refractivity contribution in [1.29, 1.82) is 0 Å². The lowest BCUT2D eigenvalue weighted by molar-refractivity contribution is -0.274. The summed E-state index contributed by atoms with van der Waals surface area (Å²) in [5, 5.41) is 2.86. The molecule has 1 amide bonds. The zero-order valence-electron chi connectivity index (χ0n) is 11.5. The normalized spacial score (nSPS) is 18.0. The molecule has 3 N–H and O–H groups in total. The summed E-state index contributed by atoms with van der Waals surface area (Å²) >= 11 is 0. The first-order chi connectivity index (χ1) is 9.73. The van der Waals surface area contributed by atoms with E-state index in [1.54, 1.807) is 0 Å². The number of halogens is 3. The number of rotatable bonds is 5. The molecule has 1 atom stereocenters. The molecule has 1 aliphatic rings. The van der Waals surface area contributed by atoms with E-state index in [4.69, 9.17) is 5.73 Å². The Morgan fingerprint density at radius 1 is 1.33 bits per heavy atom. The number of hydrogen-bond donors (Lipinski definition) is 2. The fourth-order valence-electron chi connectivity index (χ4n) is 2.18. The maximum Gasteiger partial charge on any atom is 0.573 e. The highest BCUT2D eigenvalue weighted by Crippen LogP contribution is 2.39. The smallest absolute Gasteiger partial charge is 0.406 e. The standard InChI is InChI=1S/C14H17F3N2O2/c1-13(8-18,10-4-5-10)19-12(20)9-2-6-11(7-3-9)21-14(15,16)17/h2-3,6-7,10H,4-5,8,18H2,1H3,(H,19,20). The lowest BCUT2D eigenvalue weighted by Gasteiger charge is -2.29. The van der Waals surface area contributed by atoms with Gasteiger partial charge in [-0.1, -0.05) is 0 Å². The molecule has 0 aromatic heterocycles. The Bertz CT molecular complexity index is 512. The zero-order valence-corrected chi connectivity index (χ0v) is 11.5. The van der Waals surface area contributed by atoms with Gasteiger partial charge in [0, 0.05) is 12.1 Å². The van der Waals surface area contributed by atoms with Gasteiger partial charge in [-0.25, -0.2) is 0 Å². The van der Waals surface area contributed by atoms with Crippen molar-refractivity contribution >= 4 is 5.91 Å². The number of alkyl halides is 3. The molecule has 21 heavy (non-hydrogen) atoms. The largest absolute Gasteiger partial charge is 0.573 e. The van der Waals surface area contributed by atoms with Gasteiger partial charge in [-0.15, -0.1) is 13.2 Å². The predicted molar refractivity (Wildman–Crippen MR) is 70.8 cm³/mol. The molecule has 116 valence electrons. The topological polar surface area (TPSA) is 64.3 Å². The number of nitrogens with two attached hydrogens (primary N) is 1. The predicted octanol–water partition coefficient (Wildman–Crippen LogP) is 2.44. The summed E-state index contributed by atoms with van der Waals surface area (Å²) in [6.07, 6.45) is -2.70. The van der Waals surface area contributed by atoms with Crippen LogP contribution in [0, 0.1) is 5.92 Å². The van der Waals surface area contributed by atoms with Gasteiger partial charge in [0.15, 0.2) is 0 Å². The molecule has 0 aliphatic heterocycles. The van der Waals surface area contributed by atoms with Crippen molar-refractivity contribution < 1.29 is 22.7 Å². The van der Waals surface area contributed by atoms with Crippen molar-refractivity contribution in [2.45, 2.75) is 31.7 Å². The van der Waals surface area contributed by atoms with Crippen LogP contribution in [0.3, 0.4) is 0 Å². The van der Waals surface area contributed by atoms with Crippen LogP contribution in [0.1, 0.15) is 30.1 Å². The van der Waals surface area contributed by atoms with Crippen LogP contribution in [0.4, 0.5) is 13.2 Å². The highest BCUT2D eigenvalue weighted by atomic mass is 19.4. The van der Waals surface area contributed by atoms with Crippen LogP contribution < -0.4 is 15.8 Å². The van der Waals surface area contributed by atoms with Gasteiger partial charge in [0.05, 0.1) is 5.54 Å². The Labute approximate surface area is 120 Å². The Morgan fingerprint density at radius 2 is 1.90 bits per heavy atom. The number of nitrogens with one attached hydrogen (secondary N) is 1. The molecule has 1 unspecified atom stereocenters. The van der Waals surface area contributed by atoms with E-state index >= 15 is 0 Å². The summed E-state index contributed by atoms with van der Waals surface area (Å²) in [5.74, 6) is -0.351. The van der Waals surface area contributed by atoms with E-state index in [1.807, 2.05) is 6.92 Å². The third kappa shape index (κ3) is 4.10.